The van der Waals surface area contributed by atoms with Gasteiger partial charge in [-0.25, -0.2) is 4.79 Å². The van der Waals surface area contributed by atoms with Crippen molar-refractivity contribution < 1.29 is 29.0 Å². The predicted molar refractivity (Wildman–Crippen MR) is 46.5 cm³/mol. The number of rotatable bonds is 4. The van der Waals surface area contributed by atoms with Crippen LogP contribution >= 0.6 is 25.3 Å². The van der Waals surface area contributed by atoms with Crippen LogP contribution in [-0.2, 0) is 24.2 Å². The number of carbonyl (C=O) groups excluding carboxylic acids is 1. The first kappa shape index (κ1) is 14.1. The Balaban J connectivity index is 0. The molecule has 0 radical (unpaired) electrons. The number of hydrogen-bond acceptors (Lipinski definition) is 4. The van der Waals surface area contributed by atoms with E-state index < -0.39 is 6.09 Å². The summed E-state index contributed by atoms with van der Waals surface area (Å²) in [5.41, 5.74) is 4.71. The van der Waals surface area contributed by atoms with Crippen molar-refractivity contribution in [2.45, 2.75) is 17.4 Å². The molecule has 0 atom stereocenters. The molecule has 62 valence electrons. The van der Waals surface area contributed by atoms with Crippen molar-refractivity contribution in [2.24, 2.45) is 5.73 Å². The van der Waals surface area contributed by atoms with Gasteiger partial charge < -0.3 is 10.5 Å². The molecule has 0 heterocycles. The van der Waals surface area contributed by atoms with Gasteiger partial charge in [0.15, 0.2) is 0 Å². The molecule has 3 nitrogen and oxygen atoms in total. The normalized spacial score (nSPS) is 9.00. The SMILES string of the molecule is NC(=O)OCCCC(S)S.[Zn]. The molecule has 0 saturated carbocycles. The Labute approximate surface area is 90.0 Å². The van der Waals surface area contributed by atoms with Gasteiger partial charge >= 0.3 is 6.09 Å². The average molecular weight is 247 g/mol. The van der Waals surface area contributed by atoms with Gasteiger partial charge in [0.1, 0.15) is 0 Å². The number of primary amides is 1. The van der Waals surface area contributed by atoms with Crippen LogP contribution in [0.5, 0.6) is 0 Å². The van der Waals surface area contributed by atoms with Crippen LogP contribution < -0.4 is 5.73 Å². The second-order valence-corrected chi connectivity index (χ2v) is 3.44. The van der Waals surface area contributed by atoms with Gasteiger partial charge in [0.25, 0.3) is 0 Å². The topological polar surface area (TPSA) is 52.3 Å². The van der Waals surface area contributed by atoms with E-state index in [1.165, 1.54) is 0 Å². The minimum atomic E-state index is -0.727. The predicted octanol–water partition coefficient (Wildman–Crippen LogP) is 1.05. The van der Waals surface area contributed by atoms with E-state index in [0.29, 0.717) is 6.61 Å². The molecular weight excluding hydrogens is 236 g/mol. The number of ether oxygens (including phenoxy) is 1. The summed E-state index contributed by atoms with van der Waals surface area (Å²) in [5, 5.41) is 0. The van der Waals surface area contributed by atoms with Crippen molar-refractivity contribution in [3.05, 3.63) is 0 Å². The van der Waals surface area contributed by atoms with Crippen molar-refractivity contribution in [3.63, 3.8) is 0 Å². The van der Waals surface area contributed by atoms with Gasteiger partial charge in [-0.1, -0.05) is 0 Å². The third kappa shape index (κ3) is 13.6. The summed E-state index contributed by atoms with van der Waals surface area (Å²) in [5.74, 6) is 0. The summed E-state index contributed by atoms with van der Waals surface area (Å²) in [6.07, 6.45) is 0.829. The maximum absolute atomic E-state index is 10.0. The fourth-order valence-electron chi connectivity index (χ4n) is 0.439. The summed E-state index contributed by atoms with van der Waals surface area (Å²) in [7, 11) is 0. The molecular formula is C5H11NO2S2Zn. The first-order chi connectivity index (χ1) is 4.63. The minimum absolute atomic E-state index is 0. The van der Waals surface area contributed by atoms with E-state index in [0.717, 1.165) is 12.8 Å². The largest absolute Gasteiger partial charge is 0.450 e. The van der Waals surface area contributed by atoms with E-state index in [2.05, 4.69) is 30.0 Å². The van der Waals surface area contributed by atoms with Crippen molar-refractivity contribution in [2.75, 3.05) is 6.61 Å². The number of thiol groups is 2. The molecule has 0 aromatic heterocycles. The summed E-state index contributed by atoms with van der Waals surface area (Å²) in [6.45, 7) is 0.354. The first-order valence-electron chi connectivity index (χ1n) is 2.91. The Morgan fingerprint density at radius 3 is 2.45 bits per heavy atom. The molecule has 2 N–H and O–H groups in total. The van der Waals surface area contributed by atoms with Gasteiger partial charge in [-0.3, -0.25) is 0 Å². The van der Waals surface area contributed by atoms with Crippen LogP contribution in [-0.4, -0.2) is 17.3 Å². The molecule has 0 spiro atoms. The molecule has 0 fully saturated rings. The third-order valence-corrected chi connectivity index (χ3v) is 1.37. The summed E-state index contributed by atoms with van der Waals surface area (Å²) >= 11 is 8.03. The van der Waals surface area contributed by atoms with E-state index in [4.69, 9.17) is 5.73 Å². The molecule has 0 aromatic carbocycles. The van der Waals surface area contributed by atoms with Crippen molar-refractivity contribution >= 4 is 31.4 Å². The molecule has 0 bridgehead atoms. The maximum Gasteiger partial charge on any atom is 0.404 e. The van der Waals surface area contributed by atoms with Crippen LogP contribution in [0.4, 0.5) is 4.79 Å². The molecule has 0 aromatic rings. The van der Waals surface area contributed by atoms with Crippen LogP contribution in [0.2, 0.25) is 0 Å². The van der Waals surface area contributed by atoms with Crippen LogP contribution in [0.1, 0.15) is 12.8 Å². The van der Waals surface area contributed by atoms with Gasteiger partial charge in [0.05, 0.1) is 6.61 Å². The fraction of sp³-hybridized carbons (Fsp3) is 0.800. The van der Waals surface area contributed by atoms with Crippen molar-refractivity contribution in [1.29, 1.82) is 0 Å². The van der Waals surface area contributed by atoms with E-state index >= 15 is 0 Å². The molecule has 0 aliphatic carbocycles. The molecule has 0 aliphatic rings. The van der Waals surface area contributed by atoms with Crippen molar-refractivity contribution in [3.8, 4) is 0 Å². The van der Waals surface area contributed by atoms with Gasteiger partial charge in [0, 0.05) is 24.1 Å². The van der Waals surface area contributed by atoms with Gasteiger partial charge in [0.2, 0.25) is 0 Å². The zero-order valence-corrected chi connectivity index (χ0v) is 11.0. The van der Waals surface area contributed by atoms with Gasteiger partial charge in [-0.15, -0.1) is 0 Å². The Morgan fingerprint density at radius 1 is 1.55 bits per heavy atom. The van der Waals surface area contributed by atoms with E-state index in [1.54, 1.807) is 0 Å². The van der Waals surface area contributed by atoms with E-state index in [9.17, 15) is 4.79 Å². The Bertz CT molecular complexity index is 113. The number of amides is 1. The second kappa shape index (κ2) is 8.69. The standard InChI is InChI=1S/C5H11NO2S2.Zn/c6-5(7)8-3-1-2-4(9)10;/h4,9-10H,1-3H2,(H2,6,7);. The van der Waals surface area contributed by atoms with Crippen LogP contribution in [0.3, 0.4) is 0 Å². The first-order valence-corrected chi connectivity index (χ1v) is 3.94. The third-order valence-electron chi connectivity index (χ3n) is 0.851. The number of hydrogen-bond donors (Lipinski definition) is 3. The molecule has 6 heteroatoms. The van der Waals surface area contributed by atoms with Gasteiger partial charge in [-0.2, -0.15) is 25.3 Å². The summed E-state index contributed by atoms with van der Waals surface area (Å²) in [4.78, 5) is 10.0. The van der Waals surface area contributed by atoms with E-state index in [-0.39, 0.29) is 24.1 Å². The Hall–Kier alpha value is 0.593. The van der Waals surface area contributed by atoms with Crippen LogP contribution in [0.25, 0.3) is 0 Å². The van der Waals surface area contributed by atoms with Crippen molar-refractivity contribution in [1.82, 2.24) is 0 Å². The maximum atomic E-state index is 10.0. The van der Waals surface area contributed by atoms with Crippen LogP contribution in [0.15, 0.2) is 0 Å². The molecule has 1 amide bonds. The molecule has 0 rings (SSSR count). The minimum Gasteiger partial charge on any atom is -0.450 e. The second-order valence-electron chi connectivity index (χ2n) is 1.79. The molecule has 0 aliphatic heterocycles. The monoisotopic (exact) mass is 245 g/mol. The number of carbonyl (C=O) groups is 1. The molecule has 0 unspecified atom stereocenters. The molecule has 0 saturated heterocycles. The zero-order chi connectivity index (χ0) is 7.98. The zero-order valence-electron chi connectivity index (χ0n) is 6.19. The quantitative estimate of drug-likeness (QED) is 0.301. The summed E-state index contributed by atoms with van der Waals surface area (Å²) < 4.78 is 4.52. The Morgan fingerprint density at radius 2 is 2.09 bits per heavy atom. The number of nitrogens with two attached hydrogens (primary N) is 1. The van der Waals surface area contributed by atoms with E-state index in [1.807, 2.05) is 0 Å². The smallest absolute Gasteiger partial charge is 0.404 e. The average Bonchev–Trinajstić information content (AvgIpc) is 1.79. The van der Waals surface area contributed by atoms with Crippen LogP contribution in [0, 0.1) is 0 Å². The fourth-order valence-corrected chi connectivity index (χ4v) is 0.804. The molecule has 11 heavy (non-hydrogen) atoms. The van der Waals surface area contributed by atoms with Gasteiger partial charge in [-0.05, 0) is 12.8 Å². The Kier molecular flexibility index (Phi) is 11.2. The summed E-state index contributed by atoms with van der Waals surface area (Å²) in [6, 6.07) is 0.